The Morgan fingerprint density at radius 3 is 2.38 bits per heavy atom. The highest BCUT2D eigenvalue weighted by Crippen LogP contribution is 2.18. The van der Waals surface area contributed by atoms with Crippen molar-refractivity contribution < 1.29 is 14.0 Å². The summed E-state index contributed by atoms with van der Waals surface area (Å²) in [4.78, 5) is 23.8. The number of likely N-dealkylation sites (tertiary alicyclic amines) is 1. The molecule has 0 radical (unpaired) electrons. The summed E-state index contributed by atoms with van der Waals surface area (Å²) in [6.07, 6.45) is 1.09. The number of carbonyl (C=O) groups excluding carboxylic acids is 2. The summed E-state index contributed by atoms with van der Waals surface area (Å²) in [6, 6.07) is 0. The fourth-order valence-corrected chi connectivity index (χ4v) is 1.50. The first-order valence-corrected chi connectivity index (χ1v) is 4.54. The molecule has 1 aliphatic rings. The zero-order chi connectivity index (χ0) is 9.84. The molecular weight excluding hydrogens is 173 g/mol. The van der Waals surface area contributed by atoms with E-state index in [1.807, 2.05) is 6.92 Å². The highest BCUT2D eigenvalue weighted by Gasteiger charge is 2.29. The molecule has 1 aliphatic heterocycles. The van der Waals surface area contributed by atoms with Crippen LogP contribution in [0.3, 0.4) is 0 Å². The number of imide groups is 1. The number of piperidine rings is 1. The summed E-state index contributed by atoms with van der Waals surface area (Å²) in [7, 11) is 0. The highest BCUT2D eigenvalue weighted by atomic mass is 19.1. The average Bonchev–Trinajstić information content (AvgIpc) is 2.02. The number of alkyl halides is 1. The molecule has 0 N–H and O–H groups in total. The van der Waals surface area contributed by atoms with Crippen LogP contribution in [0.25, 0.3) is 0 Å². The van der Waals surface area contributed by atoms with E-state index in [0.29, 0.717) is 12.8 Å². The number of carbonyl (C=O) groups is 2. The van der Waals surface area contributed by atoms with Gasteiger partial charge in [-0.25, -0.2) is 0 Å². The van der Waals surface area contributed by atoms with Gasteiger partial charge in [0.05, 0.1) is 6.67 Å². The van der Waals surface area contributed by atoms with Crippen molar-refractivity contribution in [2.45, 2.75) is 26.2 Å². The maximum Gasteiger partial charge on any atom is 0.229 e. The van der Waals surface area contributed by atoms with E-state index in [1.54, 1.807) is 0 Å². The predicted molar refractivity (Wildman–Crippen MR) is 45.7 cm³/mol. The minimum atomic E-state index is -0.480. The van der Waals surface area contributed by atoms with Gasteiger partial charge in [0.25, 0.3) is 0 Å². The van der Waals surface area contributed by atoms with E-state index in [9.17, 15) is 14.0 Å². The Balaban J connectivity index is 2.52. The molecule has 4 heteroatoms. The molecule has 0 aromatic carbocycles. The zero-order valence-corrected chi connectivity index (χ0v) is 7.75. The number of hydrogen-bond acceptors (Lipinski definition) is 2. The third kappa shape index (κ3) is 2.50. The molecule has 0 aliphatic carbocycles. The largest absolute Gasteiger partial charge is 0.283 e. The van der Waals surface area contributed by atoms with E-state index in [2.05, 4.69) is 0 Å². The van der Waals surface area contributed by atoms with E-state index in [1.165, 1.54) is 4.90 Å². The maximum atomic E-state index is 11.8. The van der Waals surface area contributed by atoms with Gasteiger partial charge in [-0.15, -0.1) is 0 Å². The molecule has 13 heavy (non-hydrogen) atoms. The summed E-state index contributed by atoms with van der Waals surface area (Å²) < 4.78 is 11.8. The first-order chi connectivity index (χ1) is 6.15. The van der Waals surface area contributed by atoms with Gasteiger partial charge in [0.1, 0.15) is 0 Å². The lowest BCUT2D eigenvalue weighted by Crippen LogP contribution is -2.43. The molecule has 1 saturated heterocycles. The fourth-order valence-electron chi connectivity index (χ4n) is 1.50. The lowest BCUT2D eigenvalue weighted by atomic mass is 9.98. The van der Waals surface area contributed by atoms with E-state index in [-0.39, 0.29) is 30.7 Å². The molecule has 1 heterocycles. The summed E-state index contributed by atoms with van der Waals surface area (Å²) in [6.45, 7) is 1.63. The lowest BCUT2D eigenvalue weighted by molar-refractivity contribution is -0.149. The van der Waals surface area contributed by atoms with Crippen LogP contribution in [0.2, 0.25) is 0 Å². The van der Waals surface area contributed by atoms with Gasteiger partial charge in [0.15, 0.2) is 0 Å². The Labute approximate surface area is 76.9 Å². The number of hydrogen-bond donors (Lipinski definition) is 0. The van der Waals surface area contributed by atoms with Crippen LogP contribution in [-0.2, 0) is 9.59 Å². The molecule has 2 amide bonds. The van der Waals surface area contributed by atoms with Crippen molar-refractivity contribution in [3.05, 3.63) is 0 Å². The molecule has 0 aromatic rings. The number of nitrogens with zero attached hydrogens (tertiary/aromatic N) is 1. The monoisotopic (exact) mass is 187 g/mol. The van der Waals surface area contributed by atoms with Crippen LogP contribution in [0.5, 0.6) is 0 Å². The fraction of sp³-hybridized carbons (Fsp3) is 0.778. The second-order valence-corrected chi connectivity index (χ2v) is 3.50. The topological polar surface area (TPSA) is 37.4 Å². The summed E-state index contributed by atoms with van der Waals surface area (Å²) in [5.74, 6) is -0.170. The SMILES string of the molecule is CC1CC(=O)N(CCCF)C(=O)C1. The minimum Gasteiger partial charge on any atom is -0.283 e. The van der Waals surface area contributed by atoms with Gasteiger partial charge >= 0.3 is 0 Å². The lowest BCUT2D eigenvalue weighted by Gasteiger charge is -2.27. The molecule has 74 valence electrons. The van der Waals surface area contributed by atoms with Crippen LogP contribution < -0.4 is 0 Å². The maximum absolute atomic E-state index is 11.8. The van der Waals surface area contributed by atoms with E-state index >= 15 is 0 Å². The predicted octanol–water partition coefficient (Wildman–Crippen LogP) is 1.13. The zero-order valence-electron chi connectivity index (χ0n) is 7.75. The summed E-state index contributed by atoms with van der Waals surface area (Å²) in [5, 5.41) is 0. The number of amides is 2. The van der Waals surface area contributed by atoms with Crippen LogP contribution >= 0.6 is 0 Å². The Morgan fingerprint density at radius 2 is 1.92 bits per heavy atom. The molecule has 0 bridgehead atoms. The first kappa shape index (κ1) is 10.2. The van der Waals surface area contributed by atoms with Crippen molar-refractivity contribution in [3.63, 3.8) is 0 Å². The van der Waals surface area contributed by atoms with Crippen molar-refractivity contribution >= 4 is 11.8 Å². The van der Waals surface area contributed by atoms with Gasteiger partial charge in [0.2, 0.25) is 11.8 Å². The van der Waals surface area contributed by atoms with Crippen molar-refractivity contribution in [3.8, 4) is 0 Å². The average molecular weight is 187 g/mol. The molecule has 0 aromatic heterocycles. The van der Waals surface area contributed by atoms with Crippen LogP contribution in [0.4, 0.5) is 4.39 Å². The van der Waals surface area contributed by atoms with Gasteiger partial charge in [0, 0.05) is 19.4 Å². The van der Waals surface area contributed by atoms with Crippen molar-refractivity contribution in [2.75, 3.05) is 13.2 Å². The second kappa shape index (κ2) is 4.35. The van der Waals surface area contributed by atoms with Crippen LogP contribution in [-0.4, -0.2) is 29.9 Å². The minimum absolute atomic E-state index is 0.140. The van der Waals surface area contributed by atoms with E-state index in [0.717, 1.165) is 0 Å². The van der Waals surface area contributed by atoms with Crippen LogP contribution in [0, 0.1) is 5.92 Å². The third-order valence-electron chi connectivity index (χ3n) is 2.16. The first-order valence-electron chi connectivity index (χ1n) is 4.54. The molecule has 0 spiro atoms. The van der Waals surface area contributed by atoms with Crippen molar-refractivity contribution in [1.82, 2.24) is 4.90 Å². The number of rotatable bonds is 3. The van der Waals surface area contributed by atoms with Gasteiger partial charge in [-0.05, 0) is 12.3 Å². The van der Waals surface area contributed by atoms with E-state index < -0.39 is 6.67 Å². The molecule has 1 rings (SSSR count). The molecule has 0 saturated carbocycles. The standard InChI is InChI=1S/C9H14FNO2/c1-7-5-8(12)11(4-2-3-10)9(13)6-7/h7H,2-6H2,1H3. The third-order valence-corrected chi connectivity index (χ3v) is 2.16. The second-order valence-electron chi connectivity index (χ2n) is 3.50. The van der Waals surface area contributed by atoms with Crippen LogP contribution in [0.15, 0.2) is 0 Å². The quantitative estimate of drug-likeness (QED) is 0.621. The van der Waals surface area contributed by atoms with Gasteiger partial charge in [-0.1, -0.05) is 6.92 Å². The molecule has 0 unspecified atom stereocenters. The van der Waals surface area contributed by atoms with Crippen LogP contribution in [0.1, 0.15) is 26.2 Å². The Morgan fingerprint density at radius 1 is 1.38 bits per heavy atom. The number of halogens is 1. The van der Waals surface area contributed by atoms with Gasteiger partial charge < -0.3 is 0 Å². The molecular formula is C9H14FNO2. The Bertz CT molecular complexity index is 200. The highest BCUT2D eigenvalue weighted by molar-refractivity contribution is 5.97. The summed E-state index contributed by atoms with van der Waals surface area (Å²) in [5.41, 5.74) is 0. The normalized spacial score (nSPS) is 19.7. The smallest absolute Gasteiger partial charge is 0.229 e. The van der Waals surface area contributed by atoms with Gasteiger partial charge in [-0.2, -0.15) is 0 Å². The van der Waals surface area contributed by atoms with Crippen molar-refractivity contribution in [1.29, 1.82) is 0 Å². The van der Waals surface area contributed by atoms with Gasteiger partial charge in [-0.3, -0.25) is 18.9 Å². The van der Waals surface area contributed by atoms with E-state index in [4.69, 9.17) is 0 Å². The summed E-state index contributed by atoms with van der Waals surface area (Å²) >= 11 is 0. The molecule has 3 nitrogen and oxygen atoms in total. The molecule has 1 fully saturated rings. The molecule has 0 atom stereocenters. The van der Waals surface area contributed by atoms with Crippen molar-refractivity contribution in [2.24, 2.45) is 5.92 Å². The Kier molecular flexibility index (Phi) is 3.39. The Hall–Kier alpha value is -0.930.